The van der Waals surface area contributed by atoms with Crippen molar-refractivity contribution in [2.45, 2.75) is 6.43 Å². The molecule has 0 atom stereocenters. The van der Waals surface area contributed by atoms with Gasteiger partial charge in [-0.05, 0) is 0 Å². The summed E-state index contributed by atoms with van der Waals surface area (Å²) in [7, 11) is 0. The maximum absolute atomic E-state index is 11.8. The van der Waals surface area contributed by atoms with Crippen LogP contribution < -0.4 is 0 Å². The van der Waals surface area contributed by atoms with Gasteiger partial charge >= 0.3 is 5.97 Å². The number of carboxylic acids is 1. The standard InChI is InChI=1S/C6H4F2O3/c7-5(8)4-1-3(2-11-4)6(9)10/h1-2,5H,(H,9,10). The van der Waals surface area contributed by atoms with Crippen LogP contribution in [0.25, 0.3) is 0 Å². The monoisotopic (exact) mass is 162 g/mol. The average Bonchev–Trinajstić information content (AvgIpc) is 2.33. The van der Waals surface area contributed by atoms with Crippen LogP contribution in [0.15, 0.2) is 16.7 Å². The van der Waals surface area contributed by atoms with Crippen molar-refractivity contribution in [2.24, 2.45) is 0 Å². The fraction of sp³-hybridized carbons (Fsp3) is 0.167. The van der Waals surface area contributed by atoms with E-state index in [2.05, 4.69) is 4.42 Å². The molecule has 1 aromatic heterocycles. The Morgan fingerprint density at radius 2 is 2.27 bits per heavy atom. The van der Waals surface area contributed by atoms with E-state index in [0.717, 1.165) is 12.3 Å². The first-order valence-corrected chi connectivity index (χ1v) is 2.71. The molecule has 1 aromatic rings. The van der Waals surface area contributed by atoms with Gasteiger partial charge in [-0.25, -0.2) is 13.6 Å². The van der Waals surface area contributed by atoms with Crippen molar-refractivity contribution in [3.05, 3.63) is 23.7 Å². The summed E-state index contributed by atoms with van der Waals surface area (Å²) in [6, 6.07) is 0.799. The van der Waals surface area contributed by atoms with Gasteiger partial charge in [0.05, 0.1) is 5.56 Å². The van der Waals surface area contributed by atoms with Gasteiger partial charge in [0, 0.05) is 6.07 Å². The zero-order valence-corrected chi connectivity index (χ0v) is 5.25. The number of carbonyl (C=O) groups is 1. The number of aromatic carboxylic acids is 1. The lowest BCUT2D eigenvalue weighted by atomic mass is 10.3. The van der Waals surface area contributed by atoms with E-state index in [9.17, 15) is 13.6 Å². The molecular formula is C6H4F2O3. The quantitative estimate of drug-likeness (QED) is 0.722. The van der Waals surface area contributed by atoms with Gasteiger partial charge in [-0.3, -0.25) is 0 Å². The lowest BCUT2D eigenvalue weighted by molar-refractivity contribution is 0.0696. The normalized spacial score (nSPS) is 10.5. The van der Waals surface area contributed by atoms with Crippen LogP contribution in [0.2, 0.25) is 0 Å². The number of hydrogen-bond acceptors (Lipinski definition) is 2. The van der Waals surface area contributed by atoms with Crippen LogP contribution in [-0.4, -0.2) is 11.1 Å². The molecule has 0 aliphatic carbocycles. The van der Waals surface area contributed by atoms with Gasteiger partial charge in [-0.15, -0.1) is 0 Å². The number of alkyl halides is 2. The zero-order chi connectivity index (χ0) is 8.43. The summed E-state index contributed by atoms with van der Waals surface area (Å²) in [6.45, 7) is 0. The lowest BCUT2D eigenvalue weighted by Crippen LogP contribution is -1.91. The SMILES string of the molecule is O=C(O)c1coc(C(F)F)c1. The van der Waals surface area contributed by atoms with E-state index in [0.29, 0.717) is 0 Å². The molecule has 0 aliphatic heterocycles. The Balaban J connectivity index is 2.90. The van der Waals surface area contributed by atoms with Crippen LogP contribution in [0, 0.1) is 0 Å². The minimum Gasteiger partial charge on any atom is -0.478 e. The molecule has 0 aromatic carbocycles. The molecule has 1 heterocycles. The van der Waals surface area contributed by atoms with Gasteiger partial charge in [0.15, 0.2) is 5.76 Å². The van der Waals surface area contributed by atoms with E-state index < -0.39 is 18.2 Å². The van der Waals surface area contributed by atoms with Crippen molar-refractivity contribution in [3.63, 3.8) is 0 Å². The summed E-state index contributed by atoms with van der Waals surface area (Å²) in [5.41, 5.74) is -0.264. The third-order valence-corrected chi connectivity index (χ3v) is 1.08. The Kier molecular flexibility index (Phi) is 1.89. The van der Waals surface area contributed by atoms with Gasteiger partial charge in [-0.1, -0.05) is 0 Å². The Morgan fingerprint density at radius 1 is 1.64 bits per heavy atom. The van der Waals surface area contributed by atoms with E-state index in [1.807, 2.05) is 0 Å². The Morgan fingerprint density at radius 3 is 2.55 bits per heavy atom. The second-order valence-electron chi connectivity index (χ2n) is 1.84. The fourth-order valence-corrected chi connectivity index (χ4v) is 0.579. The third kappa shape index (κ3) is 1.54. The Bertz CT molecular complexity index is 267. The van der Waals surface area contributed by atoms with Crippen molar-refractivity contribution >= 4 is 5.97 Å². The topological polar surface area (TPSA) is 50.4 Å². The van der Waals surface area contributed by atoms with Crippen LogP contribution >= 0.6 is 0 Å². The molecule has 0 saturated carbocycles. The maximum Gasteiger partial charge on any atom is 0.338 e. The zero-order valence-electron chi connectivity index (χ0n) is 5.25. The Labute approximate surface area is 60.2 Å². The number of hydrogen-bond donors (Lipinski definition) is 1. The second kappa shape index (κ2) is 2.69. The molecule has 60 valence electrons. The number of halogens is 2. The van der Waals surface area contributed by atoms with Crippen LogP contribution in [0.4, 0.5) is 8.78 Å². The van der Waals surface area contributed by atoms with E-state index in [-0.39, 0.29) is 5.56 Å². The second-order valence-corrected chi connectivity index (χ2v) is 1.84. The first-order chi connectivity index (χ1) is 5.11. The van der Waals surface area contributed by atoms with Crippen molar-refractivity contribution in [1.82, 2.24) is 0 Å². The van der Waals surface area contributed by atoms with Crippen molar-refractivity contribution < 1.29 is 23.1 Å². The van der Waals surface area contributed by atoms with Crippen molar-refractivity contribution in [3.8, 4) is 0 Å². The van der Waals surface area contributed by atoms with Gasteiger partial charge in [0.2, 0.25) is 0 Å². The highest BCUT2D eigenvalue weighted by Gasteiger charge is 2.14. The molecule has 0 bridgehead atoms. The number of rotatable bonds is 2. The molecule has 0 amide bonds. The van der Waals surface area contributed by atoms with E-state index in [1.54, 1.807) is 0 Å². The molecule has 0 fully saturated rings. The molecule has 0 saturated heterocycles. The molecule has 0 spiro atoms. The highest BCUT2D eigenvalue weighted by Crippen LogP contribution is 2.20. The molecule has 0 unspecified atom stereocenters. The molecule has 1 rings (SSSR count). The van der Waals surface area contributed by atoms with Crippen LogP contribution in [0.5, 0.6) is 0 Å². The smallest absolute Gasteiger partial charge is 0.338 e. The van der Waals surface area contributed by atoms with E-state index in [1.165, 1.54) is 0 Å². The van der Waals surface area contributed by atoms with E-state index in [4.69, 9.17) is 5.11 Å². The highest BCUT2D eigenvalue weighted by molar-refractivity contribution is 5.87. The van der Waals surface area contributed by atoms with Crippen molar-refractivity contribution in [2.75, 3.05) is 0 Å². The largest absolute Gasteiger partial charge is 0.478 e. The van der Waals surface area contributed by atoms with Gasteiger partial charge in [-0.2, -0.15) is 0 Å². The molecule has 1 N–H and O–H groups in total. The average molecular weight is 162 g/mol. The van der Waals surface area contributed by atoms with Crippen LogP contribution in [-0.2, 0) is 0 Å². The van der Waals surface area contributed by atoms with Crippen LogP contribution in [0.3, 0.4) is 0 Å². The summed E-state index contributed by atoms with van der Waals surface area (Å²) in [4.78, 5) is 10.1. The predicted molar refractivity (Wildman–Crippen MR) is 30.6 cm³/mol. The summed E-state index contributed by atoms with van der Waals surface area (Å²) >= 11 is 0. The predicted octanol–water partition coefficient (Wildman–Crippen LogP) is 1.92. The summed E-state index contributed by atoms with van der Waals surface area (Å²) < 4.78 is 27.8. The number of carboxylic acid groups (broad SMARTS) is 1. The maximum atomic E-state index is 11.8. The summed E-state index contributed by atoms with van der Waals surface area (Å²) in [5.74, 6) is -1.90. The summed E-state index contributed by atoms with van der Waals surface area (Å²) in [5, 5.41) is 8.28. The van der Waals surface area contributed by atoms with Gasteiger partial charge < -0.3 is 9.52 Å². The summed E-state index contributed by atoms with van der Waals surface area (Å²) in [6.07, 6.45) is -1.98. The Hall–Kier alpha value is -1.39. The van der Waals surface area contributed by atoms with Crippen molar-refractivity contribution in [1.29, 1.82) is 0 Å². The minimum absolute atomic E-state index is 0.264. The minimum atomic E-state index is -2.76. The fourth-order valence-electron chi connectivity index (χ4n) is 0.579. The first kappa shape index (κ1) is 7.71. The van der Waals surface area contributed by atoms with Gasteiger partial charge in [0.1, 0.15) is 6.26 Å². The van der Waals surface area contributed by atoms with Gasteiger partial charge in [0.25, 0.3) is 6.43 Å². The first-order valence-electron chi connectivity index (χ1n) is 2.71. The molecule has 3 nitrogen and oxygen atoms in total. The molecule has 0 radical (unpaired) electrons. The molecular weight excluding hydrogens is 158 g/mol. The molecule has 11 heavy (non-hydrogen) atoms. The number of furan rings is 1. The van der Waals surface area contributed by atoms with E-state index >= 15 is 0 Å². The molecule has 0 aliphatic rings. The third-order valence-electron chi connectivity index (χ3n) is 1.08. The highest BCUT2D eigenvalue weighted by atomic mass is 19.3. The lowest BCUT2D eigenvalue weighted by Gasteiger charge is -1.87. The van der Waals surface area contributed by atoms with Crippen LogP contribution in [0.1, 0.15) is 22.5 Å². The molecule has 5 heteroatoms.